The van der Waals surface area contributed by atoms with Gasteiger partial charge in [0.05, 0.1) is 6.54 Å². The Labute approximate surface area is 110 Å². The minimum absolute atomic E-state index is 0. The van der Waals surface area contributed by atoms with E-state index >= 15 is 0 Å². The maximum atomic E-state index is 10.3. The van der Waals surface area contributed by atoms with Gasteiger partial charge in [-0.1, -0.05) is 0 Å². The van der Waals surface area contributed by atoms with Gasteiger partial charge in [-0.25, -0.2) is 4.57 Å². The quantitative estimate of drug-likeness (QED) is 0.436. The summed E-state index contributed by atoms with van der Waals surface area (Å²) >= 11 is 1.78. The van der Waals surface area contributed by atoms with E-state index in [0.29, 0.717) is 6.42 Å². The molecule has 4 heteroatoms. The van der Waals surface area contributed by atoms with E-state index < -0.39 is 0 Å². The van der Waals surface area contributed by atoms with E-state index in [0.717, 1.165) is 12.8 Å². The second-order valence-corrected chi connectivity index (χ2v) is 4.43. The summed E-state index contributed by atoms with van der Waals surface area (Å²) in [4.78, 5) is 10.3. The Morgan fingerprint density at radius 2 is 2.20 bits per heavy atom. The molecule has 2 rings (SSSR count). The molecule has 1 aromatic carbocycles. The summed E-state index contributed by atoms with van der Waals surface area (Å²) in [6, 6.07) is 8.29. The highest BCUT2D eigenvalue weighted by Gasteiger charge is 2.14. The molecule has 0 saturated carbocycles. The fourth-order valence-corrected chi connectivity index (χ4v) is 2.66. The smallest absolute Gasteiger partial charge is 0.204 e. The lowest BCUT2D eigenvalue weighted by atomic mass is 10.3. The number of carbonyl (C=O) groups is 1. The Morgan fingerprint density at radius 1 is 1.47 bits per heavy atom. The number of thiazole rings is 1. The van der Waals surface area contributed by atoms with E-state index in [-0.39, 0.29) is 24.0 Å². The van der Waals surface area contributed by atoms with Gasteiger partial charge >= 0.3 is 0 Å². The van der Waals surface area contributed by atoms with E-state index in [9.17, 15) is 4.79 Å². The summed E-state index contributed by atoms with van der Waals surface area (Å²) < 4.78 is 3.49. The number of carbonyl (C=O) groups excluding carboxylic acids is 1. The molecule has 15 heavy (non-hydrogen) atoms. The number of rotatable bonds is 3. The SMILES string of the molecule is C[c+]1sc2ccccc2n1CCC=O.[I-]. The molecule has 0 amide bonds. The Morgan fingerprint density at radius 3 is 2.93 bits per heavy atom. The molecule has 0 fully saturated rings. The summed E-state index contributed by atoms with van der Waals surface area (Å²) in [5.74, 6) is 0. The summed E-state index contributed by atoms with van der Waals surface area (Å²) in [6.07, 6.45) is 1.56. The van der Waals surface area contributed by atoms with Crippen LogP contribution in [0, 0.1) is 6.92 Å². The number of aryl methyl sites for hydroxylation is 2. The molecule has 0 bridgehead atoms. The summed E-state index contributed by atoms with van der Waals surface area (Å²) in [7, 11) is 0. The zero-order valence-electron chi connectivity index (χ0n) is 8.44. The highest BCUT2D eigenvalue weighted by Crippen LogP contribution is 2.25. The van der Waals surface area contributed by atoms with Gasteiger partial charge in [-0.3, -0.25) is 0 Å². The summed E-state index contributed by atoms with van der Waals surface area (Å²) in [6.45, 7) is 2.88. The number of halogens is 1. The Balaban J connectivity index is 0.00000112. The third-order valence-electron chi connectivity index (χ3n) is 2.26. The van der Waals surface area contributed by atoms with Gasteiger partial charge in [0.1, 0.15) is 6.29 Å². The minimum atomic E-state index is 0. The number of aldehydes is 1. The molecular weight excluding hydrogens is 321 g/mol. The monoisotopic (exact) mass is 333 g/mol. The number of nitrogens with zero attached hydrogens (tertiary/aromatic N) is 1. The van der Waals surface area contributed by atoms with Crippen LogP contribution in [0.1, 0.15) is 11.4 Å². The predicted molar refractivity (Wildman–Crippen MR) is 59.6 cm³/mol. The van der Waals surface area contributed by atoms with Crippen molar-refractivity contribution in [3.63, 3.8) is 0 Å². The zero-order valence-corrected chi connectivity index (χ0v) is 11.4. The van der Waals surface area contributed by atoms with Gasteiger partial charge in [0.2, 0.25) is 5.52 Å². The van der Waals surface area contributed by atoms with Gasteiger partial charge in [0.15, 0.2) is 9.71 Å². The van der Waals surface area contributed by atoms with Crippen LogP contribution in [0.3, 0.4) is 0 Å². The van der Waals surface area contributed by atoms with Crippen molar-refractivity contribution < 1.29 is 28.8 Å². The molecule has 0 spiro atoms. The van der Waals surface area contributed by atoms with Crippen molar-refractivity contribution in [1.29, 1.82) is 0 Å². The van der Waals surface area contributed by atoms with Crippen molar-refractivity contribution in [3.8, 4) is 0 Å². The molecule has 0 radical (unpaired) electrons. The van der Waals surface area contributed by atoms with Crippen molar-refractivity contribution in [2.75, 3.05) is 0 Å². The van der Waals surface area contributed by atoms with Gasteiger partial charge in [-0.2, -0.15) is 0 Å². The molecule has 80 valence electrons. The van der Waals surface area contributed by atoms with Crippen LogP contribution in [0.4, 0.5) is 0 Å². The molecule has 0 saturated heterocycles. The number of hydrogen-bond donors (Lipinski definition) is 0. The number of hydrogen-bond acceptors (Lipinski definition) is 2. The fourth-order valence-electron chi connectivity index (χ4n) is 1.61. The largest absolute Gasteiger partial charge is 1.00 e. The number of benzene rings is 1. The topological polar surface area (TPSA) is 22.0 Å². The lowest BCUT2D eigenvalue weighted by Crippen LogP contribution is -3.00. The minimum Gasteiger partial charge on any atom is -1.00 e. The normalized spacial score (nSPS) is 9.93. The van der Waals surface area contributed by atoms with E-state index in [1.165, 1.54) is 15.2 Å². The Bertz CT molecular complexity index is 467. The highest BCUT2D eigenvalue weighted by molar-refractivity contribution is 7.18. The summed E-state index contributed by atoms with van der Waals surface area (Å²) in [5, 5.41) is 1.26. The molecule has 2 nitrogen and oxygen atoms in total. The van der Waals surface area contributed by atoms with Crippen LogP contribution in [0.25, 0.3) is 10.2 Å². The van der Waals surface area contributed by atoms with Crippen LogP contribution in [0.2, 0.25) is 0 Å². The van der Waals surface area contributed by atoms with Gasteiger partial charge in [-0.05, 0) is 12.1 Å². The molecule has 0 atom stereocenters. The van der Waals surface area contributed by atoms with Crippen molar-refractivity contribution in [2.24, 2.45) is 0 Å². The van der Waals surface area contributed by atoms with Crippen molar-refractivity contribution in [3.05, 3.63) is 29.3 Å². The van der Waals surface area contributed by atoms with Crippen LogP contribution in [0.5, 0.6) is 0 Å². The average Bonchev–Trinajstić information content (AvgIpc) is 2.51. The van der Waals surface area contributed by atoms with Crippen LogP contribution in [0.15, 0.2) is 24.3 Å². The average molecular weight is 333 g/mol. The third kappa shape index (κ3) is 2.55. The summed E-state index contributed by atoms with van der Waals surface area (Å²) in [5.41, 5.74) is 1.23. The first-order valence-electron chi connectivity index (χ1n) is 4.64. The van der Waals surface area contributed by atoms with Gasteiger partial charge in [0.25, 0.3) is 0 Å². The molecule has 0 aliphatic heterocycles. The lowest BCUT2D eigenvalue weighted by molar-refractivity contribution is -0.108. The number of para-hydroxylation sites is 1. The zero-order chi connectivity index (χ0) is 9.97. The van der Waals surface area contributed by atoms with Crippen LogP contribution in [-0.2, 0) is 11.3 Å². The fraction of sp³-hybridized carbons (Fsp3) is 0.273. The first-order valence-corrected chi connectivity index (χ1v) is 5.46. The molecule has 0 aliphatic carbocycles. The number of fused-ring (bicyclic) bond motifs is 1. The van der Waals surface area contributed by atoms with E-state index in [4.69, 9.17) is 0 Å². The first-order chi connectivity index (χ1) is 6.83. The van der Waals surface area contributed by atoms with Crippen molar-refractivity contribution >= 4 is 27.8 Å². The van der Waals surface area contributed by atoms with E-state index in [2.05, 4.69) is 23.6 Å². The van der Waals surface area contributed by atoms with Crippen LogP contribution < -0.4 is 24.0 Å². The maximum absolute atomic E-state index is 10.3. The highest BCUT2D eigenvalue weighted by atomic mass is 127. The maximum Gasteiger partial charge on any atom is 0.204 e. The van der Waals surface area contributed by atoms with Gasteiger partial charge in [-0.15, -0.1) is 0 Å². The standard InChI is InChI=1S/C11H12NOS.HI/c1-9-12(7-4-8-13)10-5-2-3-6-11(10)14-9;/h2-3,5-6,8H,4,7H2,1H3;1H/q+1;/p-1. The number of aromatic nitrogens is 1. The van der Waals surface area contributed by atoms with E-state index in [1.807, 2.05) is 12.1 Å². The molecule has 0 aliphatic rings. The second-order valence-electron chi connectivity index (χ2n) is 3.20. The first kappa shape index (κ1) is 12.6. The molecule has 2 aromatic rings. The van der Waals surface area contributed by atoms with E-state index in [1.54, 1.807) is 11.3 Å². The third-order valence-corrected chi connectivity index (χ3v) is 3.35. The molecule has 0 N–H and O–H groups in total. The van der Waals surface area contributed by atoms with Crippen molar-refractivity contribution in [2.45, 2.75) is 19.9 Å². The van der Waals surface area contributed by atoms with Crippen LogP contribution in [-0.4, -0.2) is 10.9 Å². The Hall–Kier alpha value is -0.490. The lowest BCUT2D eigenvalue weighted by Gasteiger charge is -1.95. The molecular formula is C11H12INOS. The second kappa shape index (κ2) is 5.55. The molecule has 0 unspecified atom stereocenters. The molecule has 1 aromatic heterocycles. The van der Waals surface area contributed by atoms with Crippen molar-refractivity contribution in [1.82, 2.24) is 4.57 Å². The Kier molecular flexibility index (Phi) is 4.66. The predicted octanol–water partition coefficient (Wildman–Crippen LogP) is -0.115. The van der Waals surface area contributed by atoms with Gasteiger partial charge in [0, 0.05) is 36.8 Å². The molecule has 1 heterocycles. The van der Waals surface area contributed by atoms with Crippen LogP contribution >= 0.6 is 11.3 Å². The van der Waals surface area contributed by atoms with Gasteiger partial charge < -0.3 is 28.8 Å².